The molecular formula is C19H14N4O5S. The standard InChI is InChI=1S/C19H14N4O5S/c1-26-15-9-13(10-16(11-15)27-2)18-21-22-19(28-18)29-17(7-8-20)12-3-5-14(6-4-12)23(24)25/h3-7,9-11H,1-2H3. The highest BCUT2D eigenvalue weighted by Crippen LogP contribution is 2.36. The highest BCUT2D eigenvalue weighted by atomic mass is 32.2. The SMILES string of the molecule is COc1cc(OC)cc(-c2nnc(SC(=CC#N)c3ccc([N+](=O)[O-])cc3)o2)c1. The van der Waals surface area contributed by atoms with Crippen molar-refractivity contribution in [1.29, 1.82) is 5.26 Å². The Kier molecular flexibility index (Phi) is 6.11. The molecule has 0 N–H and O–H groups in total. The normalized spacial score (nSPS) is 11.0. The van der Waals surface area contributed by atoms with Crippen molar-refractivity contribution in [3.05, 3.63) is 64.2 Å². The van der Waals surface area contributed by atoms with Crippen molar-refractivity contribution in [2.45, 2.75) is 5.22 Å². The van der Waals surface area contributed by atoms with Crippen molar-refractivity contribution in [2.75, 3.05) is 14.2 Å². The number of nitro groups is 1. The van der Waals surface area contributed by atoms with E-state index in [1.54, 1.807) is 30.3 Å². The van der Waals surface area contributed by atoms with E-state index in [2.05, 4.69) is 10.2 Å². The third-order valence-electron chi connectivity index (χ3n) is 3.76. The minimum absolute atomic E-state index is 0.0397. The predicted molar refractivity (Wildman–Crippen MR) is 105 cm³/mol. The van der Waals surface area contributed by atoms with Crippen LogP contribution in [0.15, 0.2) is 58.2 Å². The number of hydrogen-bond donors (Lipinski definition) is 0. The van der Waals surface area contributed by atoms with Crippen molar-refractivity contribution < 1.29 is 18.8 Å². The van der Waals surface area contributed by atoms with Crippen LogP contribution in [0.1, 0.15) is 5.56 Å². The van der Waals surface area contributed by atoms with Gasteiger partial charge in [-0.05, 0) is 41.6 Å². The van der Waals surface area contributed by atoms with Crippen molar-refractivity contribution in [1.82, 2.24) is 10.2 Å². The summed E-state index contributed by atoms with van der Waals surface area (Å²) in [7, 11) is 3.08. The maximum atomic E-state index is 10.8. The van der Waals surface area contributed by atoms with Crippen molar-refractivity contribution >= 4 is 22.4 Å². The first kappa shape index (κ1) is 19.9. The van der Waals surface area contributed by atoms with Crippen LogP contribution in [0.25, 0.3) is 16.4 Å². The van der Waals surface area contributed by atoms with Gasteiger partial charge in [0, 0.05) is 34.7 Å². The summed E-state index contributed by atoms with van der Waals surface area (Å²) in [6, 6.07) is 13.0. The lowest BCUT2D eigenvalue weighted by atomic mass is 10.2. The van der Waals surface area contributed by atoms with Crippen molar-refractivity contribution in [3.63, 3.8) is 0 Å². The average molecular weight is 410 g/mol. The number of thioether (sulfide) groups is 1. The maximum Gasteiger partial charge on any atom is 0.281 e. The molecule has 0 aliphatic rings. The molecule has 146 valence electrons. The second-order valence-corrected chi connectivity index (χ2v) is 6.51. The minimum Gasteiger partial charge on any atom is -0.497 e. The minimum atomic E-state index is -0.489. The highest BCUT2D eigenvalue weighted by Gasteiger charge is 2.15. The largest absolute Gasteiger partial charge is 0.497 e. The third-order valence-corrected chi connectivity index (χ3v) is 4.67. The van der Waals surface area contributed by atoms with E-state index in [0.717, 1.165) is 11.8 Å². The van der Waals surface area contributed by atoms with Crippen molar-refractivity contribution in [3.8, 4) is 29.0 Å². The Morgan fingerprint density at radius 1 is 1.17 bits per heavy atom. The number of nitro benzene ring substituents is 1. The molecule has 2 aromatic carbocycles. The first-order valence-electron chi connectivity index (χ1n) is 8.13. The molecular weight excluding hydrogens is 396 g/mol. The van der Waals surface area contributed by atoms with Crippen LogP contribution in [0.2, 0.25) is 0 Å². The van der Waals surface area contributed by atoms with Gasteiger partial charge in [-0.15, -0.1) is 10.2 Å². The number of rotatable bonds is 7. The van der Waals surface area contributed by atoms with Gasteiger partial charge in [0.1, 0.15) is 11.5 Å². The first-order chi connectivity index (χ1) is 14.0. The number of methoxy groups -OCH3 is 2. The Bertz CT molecular complexity index is 1080. The molecule has 1 heterocycles. The van der Waals surface area contributed by atoms with Gasteiger partial charge in [0.25, 0.3) is 10.9 Å². The second-order valence-electron chi connectivity index (χ2n) is 5.52. The molecule has 0 bridgehead atoms. The summed E-state index contributed by atoms with van der Waals surface area (Å²) >= 11 is 1.08. The van der Waals surface area contributed by atoms with Crippen molar-refractivity contribution in [2.24, 2.45) is 0 Å². The second kappa shape index (κ2) is 8.90. The Balaban J connectivity index is 1.87. The van der Waals surface area contributed by atoms with E-state index in [-0.39, 0.29) is 16.8 Å². The summed E-state index contributed by atoms with van der Waals surface area (Å²) in [5.74, 6) is 1.40. The van der Waals surface area contributed by atoms with E-state index < -0.39 is 4.92 Å². The van der Waals surface area contributed by atoms with E-state index in [1.807, 2.05) is 6.07 Å². The van der Waals surface area contributed by atoms with Crippen LogP contribution in [-0.4, -0.2) is 29.3 Å². The van der Waals surface area contributed by atoms with Gasteiger partial charge in [0.2, 0.25) is 5.89 Å². The zero-order chi connectivity index (χ0) is 20.8. The number of nitriles is 1. The molecule has 1 aromatic heterocycles. The Morgan fingerprint density at radius 3 is 2.38 bits per heavy atom. The Morgan fingerprint density at radius 2 is 1.83 bits per heavy atom. The fourth-order valence-corrected chi connectivity index (χ4v) is 3.13. The molecule has 29 heavy (non-hydrogen) atoms. The zero-order valence-electron chi connectivity index (χ0n) is 15.4. The number of ether oxygens (including phenoxy) is 2. The van der Waals surface area contributed by atoms with E-state index >= 15 is 0 Å². The molecule has 0 aliphatic heterocycles. The summed E-state index contributed by atoms with van der Waals surface area (Å²) in [6.07, 6.45) is 1.31. The first-order valence-corrected chi connectivity index (χ1v) is 8.95. The van der Waals surface area contributed by atoms with Crippen LogP contribution in [-0.2, 0) is 0 Å². The van der Waals surface area contributed by atoms with Crippen LogP contribution in [0.5, 0.6) is 11.5 Å². The smallest absolute Gasteiger partial charge is 0.281 e. The van der Waals surface area contributed by atoms with Gasteiger partial charge in [-0.3, -0.25) is 10.1 Å². The van der Waals surface area contributed by atoms with Gasteiger partial charge < -0.3 is 13.9 Å². The lowest BCUT2D eigenvalue weighted by molar-refractivity contribution is -0.384. The molecule has 3 aromatic rings. The number of nitrogens with zero attached hydrogens (tertiary/aromatic N) is 4. The van der Waals surface area contributed by atoms with Crippen LogP contribution >= 0.6 is 11.8 Å². The van der Waals surface area contributed by atoms with Crippen LogP contribution in [0, 0.1) is 21.4 Å². The number of benzene rings is 2. The molecule has 0 saturated heterocycles. The van der Waals surface area contributed by atoms with Gasteiger partial charge in [-0.1, -0.05) is 0 Å². The number of hydrogen-bond acceptors (Lipinski definition) is 9. The molecule has 0 aliphatic carbocycles. The van der Waals surface area contributed by atoms with E-state index in [0.29, 0.717) is 27.5 Å². The Labute approximate surface area is 169 Å². The van der Waals surface area contributed by atoms with E-state index in [9.17, 15) is 10.1 Å². The Hall–Kier alpha value is -3.84. The summed E-state index contributed by atoms with van der Waals surface area (Å²) in [5.41, 5.74) is 1.19. The lowest BCUT2D eigenvalue weighted by Crippen LogP contribution is -1.88. The molecule has 0 amide bonds. The molecule has 0 radical (unpaired) electrons. The molecule has 3 rings (SSSR count). The highest BCUT2D eigenvalue weighted by molar-refractivity contribution is 8.08. The van der Waals surface area contributed by atoms with Crippen LogP contribution in [0.3, 0.4) is 0 Å². The quantitative estimate of drug-likeness (QED) is 0.242. The topological polar surface area (TPSA) is 124 Å². The summed E-state index contributed by atoms with van der Waals surface area (Å²) < 4.78 is 16.2. The molecule has 9 nitrogen and oxygen atoms in total. The maximum absolute atomic E-state index is 10.8. The molecule has 10 heteroatoms. The lowest BCUT2D eigenvalue weighted by Gasteiger charge is -2.06. The molecule has 0 saturated carbocycles. The number of non-ortho nitro benzene ring substituents is 1. The van der Waals surface area contributed by atoms with Gasteiger partial charge in [0.05, 0.1) is 25.2 Å². The summed E-state index contributed by atoms with van der Waals surface area (Å²) in [6.45, 7) is 0. The molecule has 0 spiro atoms. The predicted octanol–water partition coefficient (Wildman–Crippen LogP) is 4.32. The fourth-order valence-electron chi connectivity index (χ4n) is 2.37. The van der Waals surface area contributed by atoms with E-state index in [1.165, 1.54) is 32.4 Å². The van der Waals surface area contributed by atoms with Crippen LogP contribution in [0.4, 0.5) is 5.69 Å². The molecule has 0 fully saturated rings. The third kappa shape index (κ3) is 4.72. The number of allylic oxidation sites excluding steroid dienone is 1. The number of aromatic nitrogens is 2. The zero-order valence-corrected chi connectivity index (χ0v) is 16.2. The fraction of sp³-hybridized carbons (Fsp3) is 0.105. The van der Waals surface area contributed by atoms with Crippen LogP contribution < -0.4 is 9.47 Å². The molecule has 0 unspecified atom stereocenters. The summed E-state index contributed by atoms with van der Waals surface area (Å²) in [5, 5.41) is 28.1. The average Bonchev–Trinajstić information content (AvgIpc) is 3.21. The van der Waals surface area contributed by atoms with Gasteiger partial charge in [-0.2, -0.15) is 5.26 Å². The van der Waals surface area contributed by atoms with Gasteiger partial charge in [0.15, 0.2) is 0 Å². The van der Waals surface area contributed by atoms with Gasteiger partial charge in [-0.25, -0.2) is 0 Å². The summed E-state index contributed by atoms with van der Waals surface area (Å²) in [4.78, 5) is 10.8. The van der Waals surface area contributed by atoms with E-state index in [4.69, 9.17) is 19.2 Å². The molecule has 0 atom stereocenters. The monoisotopic (exact) mass is 410 g/mol. The van der Waals surface area contributed by atoms with Gasteiger partial charge >= 0.3 is 0 Å².